The number of benzene rings is 1. The first kappa shape index (κ1) is 18.7. The fourth-order valence-corrected chi connectivity index (χ4v) is 3.72. The molecule has 1 amide bonds. The zero-order chi connectivity index (χ0) is 15.7. The van der Waals surface area contributed by atoms with Crippen LogP contribution in [0.15, 0.2) is 22.7 Å². The molecule has 3 nitrogen and oxygen atoms in total. The van der Waals surface area contributed by atoms with Gasteiger partial charge in [0.05, 0.1) is 0 Å². The van der Waals surface area contributed by atoms with Gasteiger partial charge in [0.1, 0.15) is 5.82 Å². The normalized spacial score (nSPS) is 23.4. The number of carbonyl (C=O) groups excluding carboxylic acids is 1. The highest BCUT2D eigenvalue weighted by Crippen LogP contribution is 2.33. The van der Waals surface area contributed by atoms with Crippen LogP contribution in [0.2, 0.25) is 0 Å². The first-order valence-electron chi connectivity index (χ1n) is 8.03. The highest BCUT2D eigenvalue weighted by Gasteiger charge is 2.35. The lowest BCUT2D eigenvalue weighted by molar-refractivity contribution is -0.133. The van der Waals surface area contributed by atoms with Crippen molar-refractivity contribution < 1.29 is 9.18 Å². The number of hydrogen-bond acceptors (Lipinski definition) is 2. The van der Waals surface area contributed by atoms with Crippen LogP contribution in [0.5, 0.6) is 0 Å². The van der Waals surface area contributed by atoms with E-state index in [-0.39, 0.29) is 36.2 Å². The van der Waals surface area contributed by atoms with Gasteiger partial charge >= 0.3 is 0 Å². The zero-order valence-electron chi connectivity index (χ0n) is 13.0. The molecule has 1 aromatic carbocycles. The molecule has 2 atom stereocenters. The van der Waals surface area contributed by atoms with E-state index in [1.165, 1.54) is 6.07 Å². The molecule has 0 heterocycles. The van der Waals surface area contributed by atoms with Crippen molar-refractivity contribution in [3.05, 3.63) is 34.1 Å². The maximum atomic E-state index is 14.0. The van der Waals surface area contributed by atoms with Crippen LogP contribution in [0, 0.1) is 11.7 Å². The summed E-state index contributed by atoms with van der Waals surface area (Å²) in [6, 6.07) is 5.32. The van der Waals surface area contributed by atoms with Crippen LogP contribution in [0.3, 0.4) is 0 Å². The van der Waals surface area contributed by atoms with Gasteiger partial charge in [-0.25, -0.2) is 4.39 Å². The van der Waals surface area contributed by atoms with Crippen LogP contribution < -0.4 is 5.73 Å². The van der Waals surface area contributed by atoms with E-state index < -0.39 is 0 Å². The maximum absolute atomic E-state index is 14.0. The minimum atomic E-state index is -0.251. The third-order valence-corrected chi connectivity index (χ3v) is 5.30. The van der Waals surface area contributed by atoms with E-state index in [1.54, 1.807) is 12.1 Å². The van der Waals surface area contributed by atoms with Crippen molar-refractivity contribution in [2.45, 2.75) is 57.2 Å². The molecule has 0 aromatic heterocycles. The van der Waals surface area contributed by atoms with Gasteiger partial charge in [0.25, 0.3) is 0 Å². The van der Waals surface area contributed by atoms with Crippen LogP contribution in [0.1, 0.15) is 44.1 Å². The third kappa shape index (κ3) is 4.68. The lowest BCUT2D eigenvalue weighted by Crippen LogP contribution is -2.36. The zero-order valence-corrected chi connectivity index (χ0v) is 15.4. The second-order valence-electron chi connectivity index (χ2n) is 6.55. The van der Waals surface area contributed by atoms with E-state index in [2.05, 4.69) is 15.9 Å². The second kappa shape index (κ2) is 7.95. The molecule has 0 aliphatic heterocycles. The van der Waals surface area contributed by atoms with E-state index in [4.69, 9.17) is 5.73 Å². The first-order chi connectivity index (χ1) is 10.5. The number of rotatable bonds is 5. The average Bonchev–Trinajstić information content (AvgIpc) is 3.24. The van der Waals surface area contributed by atoms with Crippen LogP contribution >= 0.6 is 28.3 Å². The minimum Gasteiger partial charge on any atom is -0.335 e. The molecule has 2 fully saturated rings. The molecular formula is C17H23BrClFN2O. The Labute approximate surface area is 151 Å². The summed E-state index contributed by atoms with van der Waals surface area (Å²) in [6.45, 7) is 0.358. The van der Waals surface area contributed by atoms with Crippen LogP contribution in [0.4, 0.5) is 4.39 Å². The van der Waals surface area contributed by atoms with Crippen molar-refractivity contribution in [1.82, 2.24) is 4.90 Å². The van der Waals surface area contributed by atoms with Gasteiger partial charge in [-0.1, -0.05) is 22.4 Å². The van der Waals surface area contributed by atoms with E-state index in [9.17, 15) is 9.18 Å². The smallest absolute Gasteiger partial charge is 0.223 e. The summed E-state index contributed by atoms with van der Waals surface area (Å²) in [5.41, 5.74) is 6.65. The van der Waals surface area contributed by atoms with Crippen molar-refractivity contribution in [2.24, 2.45) is 11.7 Å². The lowest BCUT2D eigenvalue weighted by atomic mass is 9.99. The summed E-state index contributed by atoms with van der Waals surface area (Å²) >= 11 is 3.37. The number of carbonyl (C=O) groups is 1. The molecule has 23 heavy (non-hydrogen) atoms. The maximum Gasteiger partial charge on any atom is 0.223 e. The number of nitrogens with two attached hydrogens (primary N) is 1. The molecule has 6 heteroatoms. The molecular weight excluding hydrogens is 383 g/mol. The van der Waals surface area contributed by atoms with Gasteiger partial charge in [0.15, 0.2) is 0 Å². The standard InChI is InChI=1S/C17H22BrFN2O.ClH/c18-13-4-7-15(19)12(8-13)10-21(14-5-6-14)17(22)9-11-2-1-3-16(11)20;/h4,7-8,11,14,16H,1-3,5-6,9-10,20H2;1H/t11-,16+;/m0./s1. The van der Waals surface area contributed by atoms with Gasteiger partial charge in [-0.3, -0.25) is 4.79 Å². The quantitative estimate of drug-likeness (QED) is 0.804. The number of halogens is 3. The predicted octanol–water partition coefficient (Wildman–Crippen LogP) is 4.02. The van der Waals surface area contributed by atoms with Gasteiger partial charge in [-0.15, -0.1) is 12.4 Å². The molecule has 2 aliphatic carbocycles. The summed E-state index contributed by atoms with van der Waals surface area (Å²) < 4.78 is 14.8. The molecule has 0 spiro atoms. The van der Waals surface area contributed by atoms with E-state index in [0.717, 1.165) is 36.6 Å². The molecule has 128 valence electrons. The summed E-state index contributed by atoms with van der Waals surface area (Å²) in [5.74, 6) is 0.171. The molecule has 0 saturated heterocycles. The molecule has 1 aromatic rings. The Morgan fingerprint density at radius 3 is 2.65 bits per heavy atom. The van der Waals surface area contributed by atoms with Crippen LogP contribution in [0.25, 0.3) is 0 Å². The van der Waals surface area contributed by atoms with Crippen molar-refractivity contribution in [3.63, 3.8) is 0 Å². The average molecular weight is 406 g/mol. The van der Waals surface area contributed by atoms with E-state index >= 15 is 0 Å². The molecule has 2 saturated carbocycles. The Bertz CT molecular complexity index is 568. The summed E-state index contributed by atoms with van der Waals surface area (Å²) in [5, 5.41) is 0. The van der Waals surface area contributed by atoms with Crippen molar-refractivity contribution in [2.75, 3.05) is 0 Å². The monoisotopic (exact) mass is 404 g/mol. The summed E-state index contributed by atoms with van der Waals surface area (Å²) in [6.07, 6.45) is 5.73. The van der Waals surface area contributed by atoms with Gasteiger partial charge < -0.3 is 10.6 Å². The van der Waals surface area contributed by atoms with Gasteiger partial charge in [-0.05, 0) is 49.8 Å². The van der Waals surface area contributed by atoms with Gasteiger partial charge in [0.2, 0.25) is 5.91 Å². The van der Waals surface area contributed by atoms with Crippen molar-refractivity contribution in [3.8, 4) is 0 Å². The van der Waals surface area contributed by atoms with E-state index in [1.807, 2.05) is 4.90 Å². The molecule has 0 unspecified atom stereocenters. The topological polar surface area (TPSA) is 46.3 Å². The Hall–Kier alpha value is -0.650. The molecule has 3 rings (SSSR count). The fourth-order valence-electron chi connectivity index (χ4n) is 3.32. The summed E-state index contributed by atoms with van der Waals surface area (Å²) in [7, 11) is 0. The minimum absolute atomic E-state index is 0. The molecule has 2 aliphatic rings. The van der Waals surface area contributed by atoms with Gasteiger partial charge in [0, 0.05) is 35.1 Å². The Balaban J connectivity index is 0.00000192. The van der Waals surface area contributed by atoms with Gasteiger partial charge in [-0.2, -0.15) is 0 Å². The molecule has 2 N–H and O–H groups in total. The predicted molar refractivity (Wildman–Crippen MR) is 94.9 cm³/mol. The highest BCUT2D eigenvalue weighted by atomic mass is 79.9. The van der Waals surface area contributed by atoms with Crippen LogP contribution in [-0.2, 0) is 11.3 Å². The van der Waals surface area contributed by atoms with Crippen LogP contribution in [-0.4, -0.2) is 22.9 Å². The molecule has 0 radical (unpaired) electrons. The number of hydrogen-bond donors (Lipinski definition) is 1. The summed E-state index contributed by atoms with van der Waals surface area (Å²) in [4.78, 5) is 14.5. The second-order valence-corrected chi connectivity index (χ2v) is 7.46. The molecule has 0 bridgehead atoms. The van der Waals surface area contributed by atoms with Crippen molar-refractivity contribution in [1.29, 1.82) is 0 Å². The lowest BCUT2D eigenvalue weighted by Gasteiger charge is -2.25. The fraction of sp³-hybridized carbons (Fsp3) is 0.588. The largest absolute Gasteiger partial charge is 0.335 e. The van der Waals surface area contributed by atoms with E-state index in [0.29, 0.717) is 24.4 Å². The third-order valence-electron chi connectivity index (χ3n) is 4.81. The first-order valence-corrected chi connectivity index (χ1v) is 8.83. The Morgan fingerprint density at radius 1 is 1.30 bits per heavy atom. The Kier molecular flexibility index (Phi) is 6.46. The van der Waals surface area contributed by atoms with Crippen molar-refractivity contribution >= 4 is 34.2 Å². The Morgan fingerprint density at radius 2 is 2.04 bits per heavy atom. The highest BCUT2D eigenvalue weighted by molar-refractivity contribution is 9.10. The number of amides is 1. The SMILES string of the molecule is Cl.N[C@@H]1CCC[C@H]1CC(=O)N(Cc1cc(Br)ccc1F)C1CC1. The number of nitrogens with zero attached hydrogens (tertiary/aromatic N) is 1.